The molecule has 2 rings (SSSR count). The number of terminal acetylenes is 1. The van der Waals surface area contributed by atoms with Gasteiger partial charge in [0.2, 0.25) is 0 Å². The van der Waals surface area contributed by atoms with E-state index < -0.39 is 0 Å². The van der Waals surface area contributed by atoms with E-state index in [1.54, 1.807) is 12.4 Å². The Morgan fingerprint density at radius 3 is 1.39 bits per heavy atom. The van der Waals surface area contributed by atoms with Crippen LogP contribution in [0.15, 0.2) is 48.8 Å². The first-order chi connectivity index (χ1) is 15.4. The summed E-state index contributed by atoms with van der Waals surface area (Å²) < 4.78 is 0. The minimum atomic E-state index is 0.555. The quantitative estimate of drug-likeness (QED) is 0.591. The fourth-order valence-corrected chi connectivity index (χ4v) is 2.00. The van der Waals surface area contributed by atoms with Crippen molar-refractivity contribution < 1.29 is 0 Å². The van der Waals surface area contributed by atoms with E-state index in [2.05, 4.69) is 98.9 Å². The molecule has 3 heteroatoms. The zero-order chi connectivity index (χ0) is 21.8. The SMILES string of the molecule is C#CC#CC#CC#CC#CC#CC#CC#CN(Cc1ccccn1)Cc1ccccn1. The van der Waals surface area contributed by atoms with Crippen molar-refractivity contribution in [1.29, 1.82) is 0 Å². The minimum Gasteiger partial charge on any atom is -0.320 e. The van der Waals surface area contributed by atoms with Crippen LogP contribution >= 0.6 is 0 Å². The van der Waals surface area contributed by atoms with Crippen LogP contribution in [0.3, 0.4) is 0 Å². The summed E-state index contributed by atoms with van der Waals surface area (Å²) in [5.74, 6) is 35.3. The molecular weight excluding hydrogens is 378 g/mol. The van der Waals surface area contributed by atoms with Gasteiger partial charge < -0.3 is 4.90 Å². The Morgan fingerprint density at radius 2 is 1.00 bits per heavy atom. The van der Waals surface area contributed by atoms with Gasteiger partial charge in [0.15, 0.2) is 0 Å². The van der Waals surface area contributed by atoms with E-state index in [-0.39, 0.29) is 0 Å². The summed E-state index contributed by atoms with van der Waals surface area (Å²) in [5, 5.41) is 0. The number of rotatable bonds is 4. The predicted molar refractivity (Wildman–Crippen MR) is 121 cm³/mol. The van der Waals surface area contributed by atoms with Gasteiger partial charge in [-0.25, -0.2) is 0 Å². The normalized spacial score (nSPS) is 7.06. The van der Waals surface area contributed by atoms with E-state index in [0.717, 1.165) is 11.4 Å². The van der Waals surface area contributed by atoms with Crippen LogP contribution < -0.4 is 0 Å². The first kappa shape index (κ1) is 21.9. The third kappa shape index (κ3) is 10.5. The lowest BCUT2D eigenvalue weighted by Crippen LogP contribution is -2.18. The van der Waals surface area contributed by atoms with Crippen LogP contribution in [0, 0.1) is 95.4 Å². The Kier molecular flexibility index (Phi) is 10.3. The molecule has 0 bridgehead atoms. The van der Waals surface area contributed by atoms with Gasteiger partial charge in [0, 0.05) is 59.9 Å². The van der Waals surface area contributed by atoms with Gasteiger partial charge in [-0.2, -0.15) is 0 Å². The fourth-order valence-electron chi connectivity index (χ4n) is 2.00. The summed E-state index contributed by atoms with van der Waals surface area (Å²) >= 11 is 0. The third-order valence-electron chi connectivity index (χ3n) is 3.19. The highest BCUT2D eigenvalue weighted by molar-refractivity contribution is 5.45. The van der Waals surface area contributed by atoms with E-state index in [9.17, 15) is 0 Å². The molecule has 3 nitrogen and oxygen atoms in total. The maximum atomic E-state index is 4.95. The predicted octanol–water partition coefficient (Wildman–Crippen LogP) is 2.09. The van der Waals surface area contributed by atoms with Crippen LogP contribution in [0.4, 0.5) is 0 Å². The summed E-state index contributed by atoms with van der Waals surface area (Å²) in [7, 11) is 0. The molecule has 2 aromatic heterocycles. The summed E-state index contributed by atoms with van der Waals surface area (Å²) in [6, 6.07) is 14.5. The largest absolute Gasteiger partial charge is 0.320 e. The van der Waals surface area contributed by atoms with Gasteiger partial charge in [-0.1, -0.05) is 12.1 Å². The van der Waals surface area contributed by atoms with Crippen LogP contribution in [-0.4, -0.2) is 14.9 Å². The fraction of sp³-hybridized carbons (Fsp3) is 0.0714. The molecule has 140 valence electrons. The van der Waals surface area contributed by atoms with Gasteiger partial charge in [0.25, 0.3) is 0 Å². The third-order valence-corrected chi connectivity index (χ3v) is 3.19. The smallest absolute Gasteiger partial charge is 0.0688 e. The van der Waals surface area contributed by atoms with Crippen molar-refractivity contribution in [3.05, 3.63) is 60.2 Å². The second-order valence-electron chi connectivity index (χ2n) is 5.38. The van der Waals surface area contributed by atoms with E-state index >= 15 is 0 Å². The standard InChI is InChI=1S/C28H13N3/c1-2-3-4-5-6-7-8-9-10-11-12-13-14-19-24-31(25-27-20-15-17-22-29-27)26-28-21-16-18-23-30-28/h1,15-18,20-23H,25-26H2. The molecule has 2 aromatic rings. The molecule has 0 spiro atoms. The average molecular weight is 391 g/mol. The van der Waals surface area contributed by atoms with Crippen molar-refractivity contribution in [2.75, 3.05) is 0 Å². The molecule has 2 heterocycles. The first-order valence-electron chi connectivity index (χ1n) is 8.89. The van der Waals surface area contributed by atoms with Crippen molar-refractivity contribution in [2.45, 2.75) is 13.1 Å². The Hall–Kier alpha value is -5.42. The number of aromatic nitrogens is 2. The van der Waals surface area contributed by atoms with Gasteiger partial charge in [0.1, 0.15) is 0 Å². The van der Waals surface area contributed by atoms with E-state index in [4.69, 9.17) is 6.42 Å². The van der Waals surface area contributed by atoms with Crippen LogP contribution in [0.25, 0.3) is 0 Å². The molecule has 0 radical (unpaired) electrons. The van der Waals surface area contributed by atoms with Crippen molar-refractivity contribution >= 4 is 0 Å². The molecule has 0 atom stereocenters. The number of pyridine rings is 2. The van der Waals surface area contributed by atoms with Gasteiger partial charge >= 0.3 is 0 Å². The van der Waals surface area contributed by atoms with E-state index in [1.165, 1.54) is 0 Å². The second kappa shape index (κ2) is 14.6. The molecule has 0 saturated heterocycles. The van der Waals surface area contributed by atoms with Crippen LogP contribution in [0.1, 0.15) is 11.4 Å². The highest BCUT2D eigenvalue weighted by Gasteiger charge is 2.04. The Bertz CT molecular complexity index is 1320. The van der Waals surface area contributed by atoms with Gasteiger partial charge in [-0.15, -0.1) is 6.42 Å². The Labute approximate surface area is 183 Å². The molecular formula is C28H13N3. The Morgan fingerprint density at radius 1 is 0.581 bits per heavy atom. The highest BCUT2D eigenvalue weighted by atomic mass is 15.1. The van der Waals surface area contributed by atoms with E-state index in [0.29, 0.717) is 13.1 Å². The van der Waals surface area contributed by atoms with Crippen LogP contribution in [0.2, 0.25) is 0 Å². The lowest BCUT2D eigenvalue weighted by atomic mass is 10.3. The zero-order valence-electron chi connectivity index (χ0n) is 16.5. The monoisotopic (exact) mass is 391 g/mol. The lowest BCUT2D eigenvalue weighted by Gasteiger charge is -2.16. The minimum absolute atomic E-state index is 0.555. The topological polar surface area (TPSA) is 29.0 Å². The van der Waals surface area contributed by atoms with Crippen molar-refractivity contribution in [1.82, 2.24) is 14.9 Å². The zero-order valence-corrected chi connectivity index (χ0v) is 16.5. The molecule has 0 fully saturated rings. The maximum absolute atomic E-state index is 4.95. The van der Waals surface area contributed by atoms with Crippen molar-refractivity contribution in [3.63, 3.8) is 0 Å². The molecule has 0 saturated carbocycles. The summed E-state index contributed by atoms with van der Waals surface area (Å²) in [6.45, 7) is 1.11. The highest BCUT2D eigenvalue weighted by Crippen LogP contribution is 2.05. The lowest BCUT2D eigenvalue weighted by molar-refractivity contribution is 0.375. The average Bonchev–Trinajstić information content (AvgIpc) is 2.80. The number of nitrogens with zero attached hydrogens (tertiary/aromatic N) is 3. The number of hydrogen-bond donors (Lipinski definition) is 0. The van der Waals surface area contributed by atoms with Crippen LogP contribution in [-0.2, 0) is 13.1 Å². The van der Waals surface area contributed by atoms with Gasteiger partial charge in [0.05, 0.1) is 24.5 Å². The molecule has 31 heavy (non-hydrogen) atoms. The van der Waals surface area contributed by atoms with Crippen molar-refractivity contribution in [3.8, 4) is 95.4 Å². The second-order valence-corrected chi connectivity index (χ2v) is 5.38. The molecule has 0 amide bonds. The molecule has 0 aliphatic rings. The molecule has 0 N–H and O–H groups in total. The summed E-state index contributed by atoms with van der Waals surface area (Å²) in [5.41, 5.74) is 1.81. The van der Waals surface area contributed by atoms with E-state index in [1.807, 2.05) is 41.3 Å². The van der Waals surface area contributed by atoms with Crippen LogP contribution in [0.5, 0.6) is 0 Å². The summed E-state index contributed by atoms with van der Waals surface area (Å²) in [4.78, 5) is 10.6. The molecule has 0 aliphatic carbocycles. The van der Waals surface area contributed by atoms with Gasteiger partial charge in [-0.3, -0.25) is 9.97 Å². The van der Waals surface area contributed by atoms with Gasteiger partial charge in [-0.05, 0) is 65.7 Å². The Balaban J connectivity index is 1.98. The molecule has 0 unspecified atom stereocenters. The van der Waals surface area contributed by atoms with Crippen molar-refractivity contribution in [2.24, 2.45) is 0 Å². The first-order valence-corrected chi connectivity index (χ1v) is 8.89. The molecule has 0 aliphatic heterocycles. The molecule has 0 aromatic carbocycles. The summed E-state index contributed by atoms with van der Waals surface area (Å²) in [6.07, 6.45) is 8.46. The number of hydrogen-bond acceptors (Lipinski definition) is 3. The maximum Gasteiger partial charge on any atom is 0.0688 e.